The van der Waals surface area contributed by atoms with Crippen molar-refractivity contribution in [2.75, 3.05) is 20.8 Å². The Kier molecular flexibility index (Phi) is 6.98. The van der Waals surface area contributed by atoms with Crippen LogP contribution in [0.1, 0.15) is 31.9 Å². The van der Waals surface area contributed by atoms with E-state index in [-0.39, 0.29) is 6.61 Å². The molecule has 0 saturated carbocycles. The standard InChI is InChI=1S/C15H21BrO5/c1-5-9(15(18)21-6-2)14(17)10-7-12(19-3)13(20-4)8-11(10)16/h7-9,14,17H,5-6H2,1-4H3. The monoisotopic (exact) mass is 360 g/mol. The van der Waals surface area contributed by atoms with Crippen LogP contribution in [-0.2, 0) is 9.53 Å². The molecule has 0 aromatic heterocycles. The molecule has 0 spiro atoms. The van der Waals surface area contributed by atoms with Crippen LogP contribution in [0.2, 0.25) is 0 Å². The van der Waals surface area contributed by atoms with Gasteiger partial charge in [-0.1, -0.05) is 22.9 Å². The molecule has 21 heavy (non-hydrogen) atoms. The molecule has 118 valence electrons. The fourth-order valence-corrected chi connectivity index (χ4v) is 2.64. The Bertz CT molecular complexity index is 489. The third-order valence-corrected chi connectivity index (χ3v) is 3.92. The fraction of sp³-hybridized carbons (Fsp3) is 0.533. The topological polar surface area (TPSA) is 65.0 Å². The van der Waals surface area contributed by atoms with Crippen molar-refractivity contribution in [3.8, 4) is 11.5 Å². The van der Waals surface area contributed by atoms with Gasteiger partial charge in [0.25, 0.3) is 0 Å². The van der Waals surface area contributed by atoms with Gasteiger partial charge in [-0.25, -0.2) is 0 Å². The van der Waals surface area contributed by atoms with Gasteiger partial charge >= 0.3 is 5.97 Å². The lowest BCUT2D eigenvalue weighted by atomic mass is 9.93. The van der Waals surface area contributed by atoms with Crippen LogP contribution < -0.4 is 9.47 Å². The van der Waals surface area contributed by atoms with Gasteiger partial charge in [-0.15, -0.1) is 0 Å². The zero-order valence-corrected chi connectivity index (χ0v) is 14.3. The van der Waals surface area contributed by atoms with Crippen molar-refractivity contribution < 1.29 is 24.1 Å². The highest BCUT2D eigenvalue weighted by atomic mass is 79.9. The fourth-order valence-electron chi connectivity index (χ4n) is 2.08. The number of benzene rings is 1. The molecule has 0 heterocycles. The Morgan fingerprint density at radius 1 is 1.24 bits per heavy atom. The van der Waals surface area contributed by atoms with E-state index in [0.717, 1.165) is 0 Å². The normalized spacial score (nSPS) is 13.4. The van der Waals surface area contributed by atoms with Gasteiger partial charge in [-0.3, -0.25) is 4.79 Å². The second kappa shape index (κ2) is 8.24. The molecule has 0 amide bonds. The Hall–Kier alpha value is -1.27. The molecule has 0 aliphatic heterocycles. The molecule has 0 aliphatic carbocycles. The summed E-state index contributed by atoms with van der Waals surface area (Å²) in [7, 11) is 3.05. The minimum Gasteiger partial charge on any atom is -0.493 e. The molecular weight excluding hydrogens is 340 g/mol. The summed E-state index contributed by atoms with van der Waals surface area (Å²) >= 11 is 3.39. The largest absolute Gasteiger partial charge is 0.493 e. The second-order valence-electron chi connectivity index (χ2n) is 4.44. The molecule has 0 fully saturated rings. The maximum absolute atomic E-state index is 11.9. The number of aliphatic hydroxyl groups is 1. The Balaban J connectivity index is 3.15. The van der Waals surface area contributed by atoms with E-state index in [1.807, 2.05) is 6.92 Å². The number of hydrogen-bond donors (Lipinski definition) is 1. The van der Waals surface area contributed by atoms with E-state index in [0.29, 0.717) is 28.0 Å². The van der Waals surface area contributed by atoms with E-state index >= 15 is 0 Å². The molecule has 1 aromatic rings. The SMILES string of the molecule is CCOC(=O)C(CC)C(O)c1cc(OC)c(OC)cc1Br. The van der Waals surface area contributed by atoms with Crippen LogP contribution in [0.5, 0.6) is 11.5 Å². The molecule has 2 unspecified atom stereocenters. The lowest BCUT2D eigenvalue weighted by molar-refractivity contribution is -0.152. The molecule has 6 heteroatoms. The van der Waals surface area contributed by atoms with Crippen molar-refractivity contribution in [3.63, 3.8) is 0 Å². The summed E-state index contributed by atoms with van der Waals surface area (Å²) < 4.78 is 16.1. The highest BCUT2D eigenvalue weighted by Gasteiger charge is 2.30. The van der Waals surface area contributed by atoms with E-state index in [1.165, 1.54) is 14.2 Å². The first-order chi connectivity index (χ1) is 9.99. The van der Waals surface area contributed by atoms with Crippen molar-refractivity contribution in [2.45, 2.75) is 26.4 Å². The van der Waals surface area contributed by atoms with Crippen LogP contribution in [0.4, 0.5) is 0 Å². The minimum atomic E-state index is -0.983. The van der Waals surface area contributed by atoms with Crippen LogP contribution in [0, 0.1) is 5.92 Å². The molecule has 1 rings (SSSR count). The smallest absolute Gasteiger partial charge is 0.311 e. The van der Waals surface area contributed by atoms with Crippen LogP contribution in [0.3, 0.4) is 0 Å². The Labute approximate surface area is 133 Å². The van der Waals surface area contributed by atoms with Gasteiger partial charge in [0.2, 0.25) is 0 Å². The number of carbonyl (C=O) groups excluding carboxylic acids is 1. The number of aliphatic hydroxyl groups excluding tert-OH is 1. The van der Waals surface area contributed by atoms with E-state index in [1.54, 1.807) is 19.1 Å². The summed E-state index contributed by atoms with van der Waals surface area (Å²) in [6.45, 7) is 3.86. The average Bonchev–Trinajstić information content (AvgIpc) is 2.47. The first kappa shape index (κ1) is 17.8. The minimum absolute atomic E-state index is 0.287. The van der Waals surface area contributed by atoms with E-state index < -0.39 is 18.0 Å². The van der Waals surface area contributed by atoms with Crippen molar-refractivity contribution in [3.05, 3.63) is 22.2 Å². The number of ether oxygens (including phenoxy) is 3. The molecule has 1 aromatic carbocycles. The van der Waals surface area contributed by atoms with Crippen molar-refractivity contribution in [1.82, 2.24) is 0 Å². The molecule has 2 atom stereocenters. The third-order valence-electron chi connectivity index (χ3n) is 3.23. The molecule has 1 N–H and O–H groups in total. The summed E-state index contributed by atoms with van der Waals surface area (Å²) in [6.07, 6.45) is -0.510. The molecule has 0 aliphatic rings. The maximum atomic E-state index is 11.9. The van der Waals surface area contributed by atoms with Crippen LogP contribution in [-0.4, -0.2) is 31.9 Å². The second-order valence-corrected chi connectivity index (χ2v) is 5.29. The Morgan fingerprint density at radius 2 is 1.81 bits per heavy atom. The molecule has 0 radical (unpaired) electrons. The lowest BCUT2D eigenvalue weighted by Gasteiger charge is -2.22. The number of esters is 1. The Morgan fingerprint density at radius 3 is 2.29 bits per heavy atom. The number of carbonyl (C=O) groups is 1. The maximum Gasteiger partial charge on any atom is 0.311 e. The average molecular weight is 361 g/mol. The van der Waals surface area contributed by atoms with E-state index in [4.69, 9.17) is 14.2 Å². The predicted molar refractivity (Wildman–Crippen MR) is 82.6 cm³/mol. The van der Waals surface area contributed by atoms with Crippen LogP contribution >= 0.6 is 15.9 Å². The first-order valence-corrected chi connectivity index (χ1v) is 7.55. The van der Waals surface area contributed by atoms with Gasteiger partial charge in [-0.05, 0) is 31.0 Å². The zero-order valence-electron chi connectivity index (χ0n) is 12.7. The number of hydrogen-bond acceptors (Lipinski definition) is 5. The predicted octanol–water partition coefficient (Wildman–Crippen LogP) is 3.09. The molecular formula is C15H21BrO5. The first-order valence-electron chi connectivity index (χ1n) is 6.76. The quantitative estimate of drug-likeness (QED) is 0.756. The van der Waals surface area contributed by atoms with Crippen LogP contribution in [0.25, 0.3) is 0 Å². The molecule has 0 saturated heterocycles. The van der Waals surface area contributed by atoms with Gasteiger partial charge in [0, 0.05) is 4.47 Å². The summed E-state index contributed by atoms with van der Waals surface area (Å²) in [4.78, 5) is 11.9. The molecule has 0 bridgehead atoms. The van der Waals surface area contributed by atoms with E-state index in [9.17, 15) is 9.90 Å². The third kappa shape index (κ3) is 4.11. The van der Waals surface area contributed by atoms with Gasteiger partial charge in [0.15, 0.2) is 11.5 Å². The number of halogens is 1. The van der Waals surface area contributed by atoms with Gasteiger partial charge in [0.1, 0.15) is 0 Å². The number of rotatable bonds is 7. The zero-order chi connectivity index (χ0) is 16.0. The van der Waals surface area contributed by atoms with Crippen molar-refractivity contribution >= 4 is 21.9 Å². The lowest BCUT2D eigenvalue weighted by Crippen LogP contribution is -2.24. The van der Waals surface area contributed by atoms with E-state index in [2.05, 4.69) is 15.9 Å². The van der Waals surface area contributed by atoms with Gasteiger partial charge in [-0.2, -0.15) is 0 Å². The van der Waals surface area contributed by atoms with Crippen molar-refractivity contribution in [1.29, 1.82) is 0 Å². The van der Waals surface area contributed by atoms with Crippen LogP contribution in [0.15, 0.2) is 16.6 Å². The number of methoxy groups -OCH3 is 2. The summed E-state index contributed by atoms with van der Waals surface area (Å²) in [5.74, 6) is 0.00602. The highest BCUT2D eigenvalue weighted by Crippen LogP contribution is 2.38. The summed E-state index contributed by atoms with van der Waals surface area (Å²) in [6, 6.07) is 3.37. The molecule has 5 nitrogen and oxygen atoms in total. The van der Waals surface area contributed by atoms with Gasteiger partial charge < -0.3 is 19.3 Å². The summed E-state index contributed by atoms with van der Waals surface area (Å²) in [5, 5.41) is 10.5. The van der Waals surface area contributed by atoms with Crippen molar-refractivity contribution in [2.24, 2.45) is 5.92 Å². The van der Waals surface area contributed by atoms with Gasteiger partial charge in [0.05, 0.1) is 32.8 Å². The highest BCUT2D eigenvalue weighted by molar-refractivity contribution is 9.10. The summed E-state index contributed by atoms with van der Waals surface area (Å²) in [5.41, 5.74) is 0.563.